The van der Waals surface area contributed by atoms with E-state index in [1.165, 1.54) is 4.90 Å². The highest BCUT2D eigenvalue weighted by Crippen LogP contribution is 2.28. The molecule has 0 aliphatic carbocycles. The third-order valence-electron chi connectivity index (χ3n) is 3.18. The zero-order valence-corrected chi connectivity index (χ0v) is 11.6. The summed E-state index contributed by atoms with van der Waals surface area (Å²) in [7, 11) is 0. The molecule has 1 unspecified atom stereocenters. The van der Waals surface area contributed by atoms with Crippen molar-refractivity contribution in [3.63, 3.8) is 0 Å². The molecule has 3 N–H and O–H groups in total. The van der Waals surface area contributed by atoms with Gasteiger partial charge in [0.15, 0.2) is 0 Å². The maximum atomic E-state index is 12.2. The van der Waals surface area contributed by atoms with Crippen LogP contribution in [0.25, 0.3) is 0 Å². The summed E-state index contributed by atoms with van der Waals surface area (Å²) in [5.41, 5.74) is 1.21. The Hall–Kier alpha value is -2.57. The van der Waals surface area contributed by atoms with Crippen LogP contribution < -0.4 is 15.5 Å². The first-order chi connectivity index (χ1) is 9.97. The van der Waals surface area contributed by atoms with E-state index in [0.29, 0.717) is 17.8 Å². The second-order valence-corrected chi connectivity index (χ2v) is 4.93. The summed E-state index contributed by atoms with van der Waals surface area (Å²) in [4.78, 5) is 35.8. The molecule has 0 bridgehead atoms. The number of rotatable bonds is 4. The number of aliphatic carboxylic acids is 1. The number of anilines is 2. The summed E-state index contributed by atoms with van der Waals surface area (Å²) in [5, 5.41) is 14.0. The van der Waals surface area contributed by atoms with Gasteiger partial charge in [-0.05, 0) is 25.5 Å². The van der Waals surface area contributed by atoms with Crippen molar-refractivity contribution in [3.05, 3.63) is 24.3 Å². The van der Waals surface area contributed by atoms with E-state index >= 15 is 0 Å². The van der Waals surface area contributed by atoms with E-state index in [4.69, 9.17) is 5.11 Å². The van der Waals surface area contributed by atoms with Crippen molar-refractivity contribution in [1.29, 1.82) is 0 Å². The minimum absolute atomic E-state index is 0.0154. The molecule has 2 rings (SSSR count). The van der Waals surface area contributed by atoms with Gasteiger partial charge in [0.1, 0.15) is 6.54 Å². The lowest BCUT2D eigenvalue weighted by Crippen LogP contribution is -2.49. The van der Waals surface area contributed by atoms with Crippen LogP contribution >= 0.6 is 0 Å². The molecular formula is C14H17N3O4. The van der Waals surface area contributed by atoms with Gasteiger partial charge in [-0.15, -0.1) is 0 Å². The van der Waals surface area contributed by atoms with Gasteiger partial charge in [-0.25, -0.2) is 4.79 Å². The van der Waals surface area contributed by atoms with E-state index in [2.05, 4.69) is 10.6 Å². The summed E-state index contributed by atoms with van der Waals surface area (Å²) < 4.78 is 0. The molecule has 0 saturated heterocycles. The van der Waals surface area contributed by atoms with E-state index in [1.54, 1.807) is 31.2 Å². The Bertz CT molecular complexity index is 573. The Morgan fingerprint density at radius 1 is 1.43 bits per heavy atom. The summed E-state index contributed by atoms with van der Waals surface area (Å²) in [6.45, 7) is 1.67. The molecule has 0 aromatic heterocycles. The maximum absolute atomic E-state index is 12.2. The van der Waals surface area contributed by atoms with Crippen molar-refractivity contribution < 1.29 is 19.5 Å². The SMILES string of the molecule is CC(CCC(=O)O)NC(=O)N1CC(=O)Nc2ccccc21. The molecule has 1 aromatic carbocycles. The van der Waals surface area contributed by atoms with E-state index in [-0.39, 0.29) is 24.9 Å². The molecule has 0 spiro atoms. The smallest absolute Gasteiger partial charge is 0.322 e. The van der Waals surface area contributed by atoms with Gasteiger partial charge >= 0.3 is 12.0 Å². The first kappa shape index (κ1) is 14.8. The van der Waals surface area contributed by atoms with Gasteiger partial charge in [0.25, 0.3) is 0 Å². The van der Waals surface area contributed by atoms with Gasteiger partial charge in [0, 0.05) is 12.5 Å². The first-order valence-corrected chi connectivity index (χ1v) is 6.66. The summed E-state index contributed by atoms with van der Waals surface area (Å²) >= 11 is 0. The second-order valence-electron chi connectivity index (χ2n) is 4.93. The highest BCUT2D eigenvalue weighted by molar-refractivity contribution is 6.09. The zero-order chi connectivity index (χ0) is 15.4. The lowest BCUT2D eigenvalue weighted by molar-refractivity contribution is -0.137. The number of fused-ring (bicyclic) bond motifs is 1. The number of para-hydroxylation sites is 2. The van der Waals surface area contributed by atoms with Gasteiger partial charge in [0.2, 0.25) is 5.91 Å². The highest BCUT2D eigenvalue weighted by atomic mass is 16.4. The van der Waals surface area contributed by atoms with Crippen LogP contribution in [-0.4, -0.2) is 35.6 Å². The molecule has 7 heteroatoms. The summed E-state index contributed by atoms with van der Waals surface area (Å²) in [6, 6.07) is 6.33. The number of carboxylic acids is 1. The minimum Gasteiger partial charge on any atom is -0.481 e. The number of nitrogens with one attached hydrogen (secondary N) is 2. The minimum atomic E-state index is -0.904. The number of benzene rings is 1. The van der Waals surface area contributed by atoms with Crippen LogP contribution in [0.15, 0.2) is 24.3 Å². The van der Waals surface area contributed by atoms with E-state index in [0.717, 1.165) is 0 Å². The molecule has 1 heterocycles. The quantitative estimate of drug-likeness (QED) is 0.781. The number of amides is 3. The fourth-order valence-corrected chi connectivity index (χ4v) is 2.12. The fraction of sp³-hybridized carbons (Fsp3) is 0.357. The van der Waals surface area contributed by atoms with Crippen molar-refractivity contribution in [3.8, 4) is 0 Å². The number of carbonyl (C=O) groups excluding carboxylic acids is 2. The molecule has 7 nitrogen and oxygen atoms in total. The molecular weight excluding hydrogens is 274 g/mol. The summed E-state index contributed by atoms with van der Waals surface area (Å²) in [5.74, 6) is -1.17. The molecule has 21 heavy (non-hydrogen) atoms. The van der Waals surface area contributed by atoms with E-state index in [1.807, 2.05) is 0 Å². The standard InChI is InChI=1S/C14H17N3O4/c1-9(6-7-13(19)20)15-14(21)17-8-12(18)16-10-4-2-3-5-11(10)17/h2-5,9H,6-8H2,1H3,(H,15,21)(H,16,18)(H,19,20). The van der Waals surface area contributed by atoms with E-state index in [9.17, 15) is 14.4 Å². The molecule has 1 atom stereocenters. The van der Waals surface area contributed by atoms with Crippen LogP contribution in [0.1, 0.15) is 19.8 Å². The van der Waals surface area contributed by atoms with Gasteiger partial charge in [-0.1, -0.05) is 12.1 Å². The topological polar surface area (TPSA) is 98.7 Å². The highest BCUT2D eigenvalue weighted by Gasteiger charge is 2.27. The van der Waals surface area contributed by atoms with Crippen molar-refractivity contribution in [2.24, 2.45) is 0 Å². The number of carboxylic acid groups (broad SMARTS) is 1. The van der Waals surface area contributed by atoms with Gasteiger partial charge < -0.3 is 15.7 Å². The lowest BCUT2D eigenvalue weighted by Gasteiger charge is -2.30. The lowest BCUT2D eigenvalue weighted by atomic mass is 10.2. The molecule has 1 aromatic rings. The van der Waals surface area contributed by atoms with Gasteiger partial charge in [-0.2, -0.15) is 0 Å². The molecule has 3 amide bonds. The normalized spacial score (nSPS) is 14.9. The van der Waals surface area contributed by atoms with Crippen LogP contribution in [0.3, 0.4) is 0 Å². The zero-order valence-electron chi connectivity index (χ0n) is 11.6. The molecule has 0 fully saturated rings. The number of hydrogen-bond donors (Lipinski definition) is 3. The second kappa shape index (κ2) is 6.25. The van der Waals surface area contributed by atoms with Crippen LogP contribution in [0.2, 0.25) is 0 Å². The van der Waals surface area contributed by atoms with Crippen LogP contribution in [0.5, 0.6) is 0 Å². The van der Waals surface area contributed by atoms with Crippen LogP contribution in [0.4, 0.5) is 16.2 Å². The van der Waals surface area contributed by atoms with Crippen molar-refractivity contribution >= 4 is 29.3 Å². The van der Waals surface area contributed by atoms with E-state index < -0.39 is 12.0 Å². The summed E-state index contributed by atoms with van der Waals surface area (Å²) in [6.07, 6.45) is 0.321. The molecule has 112 valence electrons. The third kappa shape index (κ3) is 3.71. The Labute approximate surface area is 121 Å². The predicted molar refractivity (Wildman–Crippen MR) is 77.3 cm³/mol. The molecule has 1 aliphatic rings. The fourth-order valence-electron chi connectivity index (χ4n) is 2.12. The average molecular weight is 291 g/mol. The van der Waals surface area contributed by atoms with Crippen molar-refractivity contribution in [1.82, 2.24) is 5.32 Å². The molecule has 1 aliphatic heterocycles. The number of hydrogen-bond acceptors (Lipinski definition) is 3. The van der Waals surface area contributed by atoms with Gasteiger partial charge in [0.05, 0.1) is 11.4 Å². The maximum Gasteiger partial charge on any atom is 0.322 e. The average Bonchev–Trinajstić information content (AvgIpc) is 2.44. The van der Waals surface area contributed by atoms with Crippen molar-refractivity contribution in [2.75, 3.05) is 16.8 Å². The molecule has 0 radical (unpaired) electrons. The first-order valence-electron chi connectivity index (χ1n) is 6.66. The predicted octanol–water partition coefficient (Wildman–Crippen LogP) is 1.41. The van der Waals surface area contributed by atoms with Crippen LogP contribution in [0, 0.1) is 0 Å². The van der Waals surface area contributed by atoms with Crippen LogP contribution in [-0.2, 0) is 9.59 Å². The number of urea groups is 1. The monoisotopic (exact) mass is 291 g/mol. The molecule has 0 saturated carbocycles. The Kier molecular flexibility index (Phi) is 4.42. The number of nitrogens with zero attached hydrogens (tertiary/aromatic N) is 1. The Morgan fingerprint density at radius 2 is 2.14 bits per heavy atom. The Balaban J connectivity index is 2.05. The van der Waals surface area contributed by atoms with Crippen molar-refractivity contribution in [2.45, 2.75) is 25.8 Å². The largest absolute Gasteiger partial charge is 0.481 e. The number of carbonyl (C=O) groups is 3. The third-order valence-corrected chi connectivity index (χ3v) is 3.18. The van der Waals surface area contributed by atoms with Gasteiger partial charge in [-0.3, -0.25) is 14.5 Å². The Morgan fingerprint density at radius 3 is 2.86 bits per heavy atom.